The standard InChI is InChI=1S/C21H24BrN3O3S/c1-4-11-28-18-10-7-15(22)13-17(18)20(27)24-21(29)23-16-8-5-14(6-9-16)12-19(26)25(2)3/h5-10,13H,4,11-12H2,1-3H3,(H2,23,24,27,29). The minimum absolute atomic E-state index is 0.0311. The van der Waals surface area contributed by atoms with E-state index in [-0.39, 0.29) is 16.9 Å². The lowest BCUT2D eigenvalue weighted by Gasteiger charge is -2.14. The summed E-state index contributed by atoms with van der Waals surface area (Å²) in [6, 6.07) is 12.6. The Kier molecular flexibility index (Phi) is 8.60. The quantitative estimate of drug-likeness (QED) is 0.589. The summed E-state index contributed by atoms with van der Waals surface area (Å²) < 4.78 is 6.42. The first-order chi connectivity index (χ1) is 13.8. The van der Waals surface area contributed by atoms with Crippen LogP contribution >= 0.6 is 28.1 Å². The van der Waals surface area contributed by atoms with Gasteiger partial charge in [0, 0.05) is 24.3 Å². The van der Waals surface area contributed by atoms with Crippen LogP contribution in [0.15, 0.2) is 46.9 Å². The van der Waals surface area contributed by atoms with Crippen molar-refractivity contribution in [2.24, 2.45) is 0 Å². The molecule has 2 aromatic rings. The fourth-order valence-electron chi connectivity index (χ4n) is 2.39. The van der Waals surface area contributed by atoms with Gasteiger partial charge >= 0.3 is 0 Å². The van der Waals surface area contributed by atoms with Crippen LogP contribution in [0.25, 0.3) is 0 Å². The predicted octanol–water partition coefficient (Wildman–Crippen LogP) is 4.00. The van der Waals surface area contributed by atoms with Gasteiger partial charge in [0.25, 0.3) is 5.91 Å². The van der Waals surface area contributed by atoms with Crippen molar-refractivity contribution in [3.05, 3.63) is 58.1 Å². The number of halogens is 1. The Labute approximate surface area is 184 Å². The molecule has 0 aromatic heterocycles. The molecule has 6 nitrogen and oxygen atoms in total. The molecule has 2 amide bonds. The summed E-state index contributed by atoms with van der Waals surface area (Å²) in [7, 11) is 3.45. The lowest BCUT2D eigenvalue weighted by molar-refractivity contribution is -0.127. The summed E-state index contributed by atoms with van der Waals surface area (Å²) in [5, 5.41) is 5.82. The van der Waals surface area contributed by atoms with Crippen molar-refractivity contribution in [3.8, 4) is 5.75 Å². The summed E-state index contributed by atoms with van der Waals surface area (Å²) in [6.07, 6.45) is 1.17. The summed E-state index contributed by atoms with van der Waals surface area (Å²) in [5.41, 5.74) is 2.01. The maximum absolute atomic E-state index is 12.6. The molecule has 0 spiro atoms. The highest BCUT2D eigenvalue weighted by Crippen LogP contribution is 2.23. The van der Waals surface area contributed by atoms with Crippen molar-refractivity contribution in [2.75, 3.05) is 26.0 Å². The second-order valence-electron chi connectivity index (χ2n) is 6.56. The number of amides is 2. The number of hydrogen-bond donors (Lipinski definition) is 2. The van der Waals surface area contributed by atoms with Crippen LogP contribution in [-0.4, -0.2) is 42.5 Å². The van der Waals surface area contributed by atoms with Gasteiger partial charge in [-0.05, 0) is 54.5 Å². The average molecular weight is 478 g/mol. The van der Waals surface area contributed by atoms with E-state index in [4.69, 9.17) is 17.0 Å². The van der Waals surface area contributed by atoms with Gasteiger partial charge in [-0.15, -0.1) is 0 Å². The third-order valence-corrected chi connectivity index (χ3v) is 4.64. The molecule has 0 saturated heterocycles. The molecule has 0 heterocycles. The second-order valence-corrected chi connectivity index (χ2v) is 7.88. The van der Waals surface area contributed by atoms with Crippen LogP contribution in [0.1, 0.15) is 29.3 Å². The molecule has 0 aliphatic carbocycles. The van der Waals surface area contributed by atoms with Gasteiger partial charge in [0.05, 0.1) is 18.6 Å². The van der Waals surface area contributed by atoms with E-state index in [1.807, 2.05) is 37.3 Å². The number of nitrogens with zero attached hydrogens (tertiary/aromatic N) is 1. The molecule has 0 unspecified atom stereocenters. The number of nitrogens with one attached hydrogen (secondary N) is 2. The van der Waals surface area contributed by atoms with E-state index in [1.165, 1.54) is 0 Å². The zero-order chi connectivity index (χ0) is 21.4. The molecule has 0 saturated carbocycles. The molecule has 0 aliphatic rings. The number of carbonyl (C=O) groups is 2. The van der Waals surface area contributed by atoms with Gasteiger partial charge in [-0.2, -0.15) is 0 Å². The van der Waals surface area contributed by atoms with Gasteiger partial charge < -0.3 is 15.0 Å². The lowest BCUT2D eigenvalue weighted by Crippen LogP contribution is -2.34. The highest BCUT2D eigenvalue weighted by atomic mass is 79.9. The van der Waals surface area contributed by atoms with Crippen molar-refractivity contribution < 1.29 is 14.3 Å². The Morgan fingerprint density at radius 2 is 1.83 bits per heavy atom. The number of likely N-dealkylation sites (N-methyl/N-ethyl adjacent to an activating group) is 1. The van der Waals surface area contributed by atoms with Crippen LogP contribution in [0.3, 0.4) is 0 Å². The highest BCUT2D eigenvalue weighted by molar-refractivity contribution is 9.10. The molecule has 0 bridgehead atoms. The lowest BCUT2D eigenvalue weighted by atomic mass is 10.1. The summed E-state index contributed by atoms with van der Waals surface area (Å²) >= 11 is 8.63. The maximum Gasteiger partial charge on any atom is 0.261 e. The van der Waals surface area contributed by atoms with E-state index < -0.39 is 0 Å². The van der Waals surface area contributed by atoms with Crippen LogP contribution in [0.5, 0.6) is 5.75 Å². The van der Waals surface area contributed by atoms with Gasteiger partial charge in [-0.3, -0.25) is 14.9 Å². The van der Waals surface area contributed by atoms with E-state index in [0.29, 0.717) is 30.0 Å². The maximum atomic E-state index is 12.6. The number of rotatable bonds is 7. The van der Waals surface area contributed by atoms with Crippen molar-refractivity contribution >= 4 is 50.8 Å². The third kappa shape index (κ3) is 7.14. The summed E-state index contributed by atoms with van der Waals surface area (Å²) in [5.74, 6) is 0.178. The van der Waals surface area contributed by atoms with E-state index in [9.17, 15) is 9.59 Å². The van der Waals surface area contributed by atoms with Crippen molar-refractivity contribution in [3.63, 3.8) is 0 Å². The minimum atomic E-state index is -0.358. The Balaban J connectivity index is 1.99. The monoisotopic (exact) mass is 477 g/mol. The molecule has 29 heavy (non-hydrogen) atoms. The van der Waals surface area contributed by atoms with Crippen LogP contribution in [-0.2, 0) is 11.2 Å². The van der Waals surface area contributed by atoms with Crippen molar-refractivity contribution in [2.45, 2.75) is 19.8 Å². The van der Waals surface area contributed by atoms with Gasteiger partial charge in [-0.1, -0.05) is 35.0 Å². The first-order valence-corrected chi connectivity index (χ1v) is 10.3. The van der Waals surface area contributed by atoms with Gasteiger partial charge in [0.15, 0.2) is 5.11 Å². The molecule has 0 radical (unpaired) electrons. The van der Waals surface area contributed by atoms with E-state index in [2.05, 4.69) is 26.6 Å². The number of ether oxygens (including phenoxy) is 1. The zero-order valence-electron chi connectivity index (χ0n) is 16.6. The van der Waals surface area contributed by atoms with Crippen LogP contribution in [0, 0.1) is 0 Å². The second kappa shape index (κ2) is 10.9. The molecular weight excluding hydrogens is 454 g/mol. The van der Waals surface area contributed by atoms with Gasteiger partial charge in [-0.25, -0.2) is 0 Å². The molecule has 8 heteroatoms. The van der Waals surface area contributed by atoms with Gasteiger partial charge in [0.1, 0.15) is 5.75 Å². The first-order valence-electron chi connectivity index (χ1n) is 9.14. The van der Waals surface area contributed by atoms with Gasteiger partial charge in [0.2, 0.25) is 5.91 Å². The first kappa shape index (κ1) is 22.8. The Bertz CT molecular complexity index is 885. The number of benzene rings is 2. The molecular formula is C21H24BrN3O3S. The molecule has 2 N–H and O–H groups in total. The predicted molar refractivity (Wildman–Crippen MR) is 122 cm³/mol. The smallest absolute Gasteiger partial charge is 0.261 e. The number of thiocarbonyl (C=S) groups is 1. The normalized spacial score (nSPS) is 10.2. The van der Waals surface area contributed by atoms with Crippen LogP contribution < -0.4 is 15.4 Å². The number of hydrogen-bond acceptors (Lipinski definition) is 4. The molecule has 0 aliphatic heterocycles. The molecule has 0 atom stereocenters. The van der Waals surface area contributed by atoms with Crippen LogP contribution in [0.4, 0.5) is 5.69 Å². The molecule has 0 fully saturated rings. The molecule has 2 aromatic carbocycles. The molecule has 154 valence electrons. The largest absolute Gasteiger partial charge is 0.493 e. The Morgan fingerprint density at radius 3 is 2.45 bits per heavy atom. The Hall–Kier alpha value is -2.45. The highest BCUT2D eigenvalue weighted by Gasteiger charge is 2.15. The van der Waals surface area contributed by atoms with E-state index in [0.717, 1.165) is 16.5 Å². The number of anilines is 1. The third-order valence-electron chi connectivity index (χ3n) is 3.94. The number of carbonyl (C=O) groups excluding carboxylic acids is 2. The molecule has 2 rings (SSSR count). The topological polar surface area (TPSA) is 70.7 Å². The van der Waals surface area contributed by atoms with E-state index >= 15 is 0 Å². The summed E-state index contributed by atoms with van der Waals surface area (Å²) in [4.78, 5) is 26.0. The van der Waals surface area contributed by atoms with Crippen LogP contribution in [0.2, 0.25) is 0 Å². The minimum Gasteiger partial charge on any atom is -0.493 e. The summed E-state index contributed by atoms with van der Waals surface area (Å²) in [6.45, 7) is 2.52. The Morgan fingerprint density at radius 1 is 1.14 bits per heavy atom. The average Bonchev–Trinajstić information content (AvgIpc) is 2.68. The van der Waals surface area contributed by atoms with Crippen molar-refractivity contribution in [1.82, 2.24) is 10.2 Å². The zero-order valence-corrected chi connectivity index (χ0v) is 19.0. The van der Waals surface area contributed by atoms with Crippen molar-refractivity contribution in [1.29, 1.82) is 0 Å². The fraction of sp³-hybridized carbons (Fsp3) is 0.286. The SMILES string of the molecule is CCCOc1ccc(Br)cc1C(=O)NC(=S)Nc1ccc(CC(=O)N(C)C)cc1. The van der Waals surface area contributed by atoms with E-state index in [1.54, 1.807) is 31.1 Å². The fourth-order valence-corrected chi connectivity index (χ4v) is 2.96.